The van der Waals surface area contributed by atoms with Crippen LogP contribution in [-0.2, 0) is 97.6 Å². The summed E-state index contributed by atoms with van der Waals surface area (Å²) < 4.78 is 0. The summed E-state index contributed by atoms with van der Waals surface area (Å²) in [5.74, 6) is -15.8. The van der Waals surface area contributed by atoms with E-state index < -0.39 is 199 Å². The van der Waals surface area contributed by atoms with E-state index in [-0.39, 0.29) is 88.3 Å². The number of rotatable bonds is 55. The molecule has 0 fully saturated rings. The molecule has 0 radical (unpaired) electrons. The van der Waals surface area contributed by atoms with Crippen LogP contribution in [0, 0.1) is 11.8 Å². The molecule has 123 heavy (non-hydrogen) atoms. The number of aromatic hydroxyl groups is 1. The van der Waals surface area contributed by atoms with Crippen molar-refractivity contribution in [1.82, 2.24) is 79.1 Å². The van der Waals surface area contributed by atoms with Crippen LogP contribution < -0.4 is 92.1 Å². The first kappa shape index (κ1) is 100. The zero-order chi connectivity index (χ0) is 90.2. The number of nitrogens with one attached hydrogen (secondary N) is 15. The van der Waals surface area contributed by atoms with Crippen molar-refractivity contribution in [2.75, 3.05) is 44.2 Å². The number of nitrogens with two attached hydrogens (primary N) is 4. The van der Waals surface area contributed by atoms with Crippen LogP contribution in [0.25, 0.3) is 21.8 Å². The number of benzene rings is 4. The Balaban J connectivity index is 1.22. The molecule has 2 heterocycles. The number of aromatic nitrogens is 2. The predicted octanol–water partition coefficient (Wildman–Crippen LogP) is -0.584. The lowest BCUT2D eigenvalue weighted by molar-refractivity contribution is -0.139. The number of hydrogen-bond acceptors (Lipinski definition) is 22. The zero-order valence-corrected chi connectivity index (χ0v) is 71.3. The van der Waals surface area contributed by atoms with Crippen LogP contribution in [-0.4, -0.2) is 231 Å². The number of carboxylic acid groups (broad SMARTS) is 2. The van der Waals surface area contributed by atoms with Gasteiger partial charge in [0.15, 0.2) is 0 Å². The highest BCUT2D eigenvalue weighted by Crippen LogP contribution is 2.23. The van der Waals surface area contributed by atoms with E-state index in [1.165, 1.54) is 12.1 Å². The van der Waals surface area contributed by atoms with Crippen LogP contribution in [0.4, 0.5) is 0 Å². The molecular formula is C84H119N19O18S2. The highest BCUT2D eigenvalue weighted by atomic mass is 32.1. The van der Waals surface area contributed by atoms with Crippen molar-refractivity contribution < 1.29 is 87.2 Å². The van der Waals surface area contributed by atoms with Crippen molar-refractivity contribution in [3.63, 3.8) is 0 Å². The Hall–Kier alpha value is -11.6. The first-order chi connectivity index (χ1) is 58.8. The molecule has 26 N–H and O–H groups in total. The summed E-state index contributed by atoms with van der Waals surface area (Å²) in [6, 6.07) is 11.9. The average molecular weight is 1750 g/mol. The van der Waals surface area contributed by atoms with Gasteiger partial charge in [0, 0.05) is 77.8 Å². The molecule has 0 aliphatic heterocycles. The number of thiol groups is 2. The van der Waals surface area contributed by atoms with Gasteiger partial charge < -0.3 is 117 Å². The molecule has 670 valence electrons. The second-order valence-electron chi connectivity index (χ2n) is 30.8. The fraction of sp³-hybridized carbons (Fsp3) is 0.488. The molecule has 39 heteroatoms. The molecule has 6 rings (SSSR count). The fourth-order valence-electron chi connectivity index (χ4n) is 13.4. The average Bonchev–Trinajstić information content (AvgIpc) is 1.58. The molecule has 6 aromatic rings. The lowest BCUT2D eigenvalue weighted by Gasteiger charge is -2.28. The highest BCUT2D eigenvalue weighted by Gasteiger charge is 2.38. The number of unbranched alkanes of at least 4 members (excludes halogenated alkanes) is 3. The van der Waals surface area contributed by atoms with Gasteiger partial charge in [0.1, 0.15) is 78.8 Å². The summed E-state index contributed by atoms with van der Waals surface area (Å²) in [7, 11) is 0. The third-order valence-corrected chi connectivity index (χ3v) is 20.9. The van der Waals surface area contributed by atoms with Crippen LogP contribution in [0.5, 0.6) is 5.75 Å². The quantitative estimate of drug-likeness (QED) is 0.0168. The maximum absolute atomic E-state index is 15.2. The second-order valence-corrected chi connectivity index (χ2v) is 31.5. The Bertz CT molecular complexity index is 4530. The molecular weight excluding hydrogens is 1630 g/mol. The van der Waals surface area contributed by atoms with Gasteiger partial charge in [0.25, 0.3) is 0 Å². The molecule has 0 saturated heterocycles. The van der Waals surface area contributed by atoms with Crippen molar-refractivity contribution >= 4 is 136 Å². The van der Waals surface area contributed by atoms with Gasteiger partial charge in [-0.1, -0.05) is 113 Å². The Morgan fingerprint density at radius 2 is 0.748 bits per heavy atom. The van der Waals surface area contributed by atoms with Gasteiger partial charge in [0.2, 0.25) is 76.8 Å². The third-order valence-electron chi connectivity index (χ3n) is 20.2. The number of phenols is 1. The van der Waals surface area contributed by atoms with Gasteiger partial charge in [0.05, 0.1) is 12.6 Å². The Labute approximate surface area is 723 Å². The van der Waals surface area contributed by atoms with E-state index in [9.17, 15) is 72.5 Å². The summed E-state index contributed by atoms with van der Waals surface area (Å²) in [6.45, 7) is 5.88. The van der Waals surface area contributed by atoms with E-state index in [1.54, 1.807) is 113 Å². The van der Waals surface area contributed by atoms with E-state index in [0.29, 0.717) is 82.7 Å². The summed E-state index contributed by atoms with van der Waals surface area (Å²) in [4.78, 5) is 216. The Kier molecular flexibility index (Phi) is 42.3. The predicted molar refractivity (Wildman–Crippen MR) is 466 cm³/mol. The van der Waals surface area contributed by atoms with Crippen LogP contribution in [0.2, 0.25) is 0 Å². The van der Waals surface area contributed by atoms with E-state index in [2.05, 4.69) is 104 Å². The van der Waals surface area contributed by atoms with Gasteiger partial charge in [-0.3, -0.25) is 71.9 Å². The van der Waals surface area contributed by atoms with Crippen molar-refractivity contribution in [3.05, 3.63) is 138 Å². The van der Waals surface area contributed by atoms with Gasteiger partial charge in [-0.05, 0) is 142 Å². The maximum Gasteiger partial charge on any atom is 0.322 e. The van der Waals surface area contributed by atoms with Crippen LogP contribution in [0.3, 0.4) is 0 Å². The molecule has 0 spiro atoms. The minimum Gasteiger partial charge on any atom is -0.508 e. The van der Waals surface area contributed by atoms with E-state index >= 15 is 9.59 Å². The number of aromatic amines is 2. The minimum absolute atomic E-state index is 0.000888. The molecule has 0 saturated carbocycles. The van der Waals surface area contributed by atoms with Gasteiger partial charge >= 0.3 is 11.9 Å². The highest BCUT2D eigenvalue weighted by molar-refractivity contribution is 7.80. The number of hydrogen-bond donors (Lipinski definition) is 24. The number of para-hydroxylation sites is 2. The molecule has 2 aromatic heterocycles. The topological polar surface area (TPSA) is 609 Å². The summed E-state index contributed by atoms with van der Waals surface area (Å²) in [5, 5.41) is 64.3. The van der Waals surface area contributed by atoms with Crippen molar-refractivity contribution in [1.29, 1.82) is 0 Å². The van der Waals surface area contributed by atoms with E-state index in [1.807, 2.05) is 18.2 Å². The molecule has 37 nitrogen and oxygen atoms in total. The van der Waals surface area contributed by atoms with Crippen molar-refractivity contribution in [3.8, 4) is 5.75 Å². The van der Waals surface area contributed by atoms with E-state index in [0.717, 1.165) is 0 Å². The maximum atomic E-state index is 15.2. The van der Waals surface area contributed by atoms with Gasteiger partial charge in [-0.25, -0.2) is 0 Å². The Morgan fingerprint density at radius 3 is 1.20 bits per heavy atom. The molecule has 0 aliphatic rings. The summed E-state index contributed by atoms with van der Waals surface area (Å²) in [5.41, 5.74) is 27.2. The van der Waals surface area contributed by atoms with Crippen LogP contribution in [0.1, 0.15) is 127 Å². The lowest BCUT2D eigenvalue weighted by Crippen LogP contribution is -2.61. The smallest absolute Gasteiger partial charge is 0.322 e. The normalized spacial score (nSPS) is 14.2. The number of phenolic OH excluding ortho intramolecular Hbond substituents is 1. The summed E-state index contributed by atoms with van der Waals surface area (Å²) >= 11 is 8.73. The molecule has 0 bridgehead atoms. The van der Waals surface area contributed by atoms with Crippen molar-refractivity contribution in [2.24, 2.45) is 34.8 Å². The minimum atomic E-state index is -1.67. The Morgan fingerprint density at radius 1 is 0.374 bits per heavy atom. The number of fused-ring (bicyclic) bond motifs is 2. The van der Waals surface area contributed by atoms with Crippen LogP contribution >= 0.6 is 25.3 Å². The number of carboxylic acids is 2. The van der Waals surface area contributed by atoms with Gasteiger partial charge in [-0.2, -0.15) is 25.3 Å². The monoisotopic (exact) mass is 1750 g/mol. The molecule has 12 atom stereocenters. The number of amides is 13. The van der Waals surface area contributed by atoms with Crippen LogP contribution in [0.15, 0.2) is 116 Å². The molecule has 4 aromatic carbocycles. The number of H-pyrrole nitrogens is 2. The number of carbonyl (C=O) groups excluding carboxylic acids is 13. The largest absolute Gasteiger partial charge is 0.508 e. The second kappa shape index (κ2) is 52.0. The molecule has 0 aliphatic carbocycles. The van der Waals surface area contributed by atoms with E-state index in [4.69, 9.17) is 28.0 Å². The standard InChI is InChI=1S/C84H119N19O18S2/c1-47(2)36-62(78(115)96-61(31-32-70(106)107)76(113)101-67(45-122)82(119)95-60(26-14-17-35-87)77(114)103-72(48(3)4)84(121)92-44-71(108)109)93-69(105)43-91-74(111)65(39-51-41-89-57-23-10-8-20-54(51)57)99-80(117)64(37-49-18-6-5-7-19-49)98-75(112)59(25-13-16-34-86)94-83(120)68(46-123)102-81(118)66(40-52-42-90-58-24-11-9-21-55(52)58)100-79(116)63(38-50-27-29-53(104)30-28-50)97-73(110)56(88)22-12-15-33-85/h5-11,18-21,23-24,27-30,41-42,47-48,56,59-68,72,89-90,104,122-123H,12-17,22,25-26,31-40,43-46,85-88H2,1-4H3,(H,91,111)(H,92,121)(H,93,105)(H,94,120)(H,95,119)(H,96,115)(H,97,110)(H,98,112)(H,99,117)(H,100,116)(H,101,113)(H,102,118)(H,103,114)(H,106,107)(H,108,109)/t56-,59-,60-,61-,62-,63-,64-,65-,66-,67-,68-,72-/m0/s1. The first-order valence-corrected chi connectivity index (χ1v) is 42.3. The summed E-state index contributed by atoms with van der Waals surface area (Å²) in [6.07, 6.45) is 4.08. The van der Waals surface area contributed by atoms with Gasteiger partial charge in [-0.15, -0.1) is 0 Å². The SMILES string of the molecule is CC(C)C[C@H](NC(=O)CNC(=O)[C@H](Cc1c[nH]c2ccccc12)NC(=O)[C@H](Cc1ccccc1)NC(=O)[C@H](CCCCN)NC(=O)[C@H](CS)NC(=O)[C@H](Cc1c[nH]c2ccccc12)NC(=O)[C@H](Cc1ccc(O)cc1)NC(=O)[C@@H](N)CCCCN)C(=O)N[C@@H](CCC(=O)O)C(=O)N[C@@H](CS)C(=O)N[C@@H](CCCCN)C(=O)N[C@H](C(=O)NCC(=O)O)C(C)C. The molecule has 13 amide bonds. The third kappa shape index (κ3) is 33.6. The lowest BCUT2D eigenvalue weighted by atomic mass is 10.0. The number of carbonyl (C=O) groups is 15. The number of aliphatic carboxylic acids is 2. The van der Waals surface area contributed by atoms with Crippen molar-refractivity contribution in [2.45, 2.75) is 203 Å². The fourth-order valence-corrected chi connectivity index (χ4v) is 14.0. The zero-order valence-electron chi connectivity index (χ0n) is 69.5. The first-order valence-electron chi connectivity index (χ1n) is 41.1. The molecule has 0 unspecified atom stereocenters.